The van der Waals surface area contributed by atoms with Crippen LogP contribution in [0.25, 0.3) is 11.0 Å². The Bertz CT molecular complexity index is 901. The minimum atomic E-state index is -0.561. The number of hydrogen-bond acceptors (Lipinski definition) is 2. The van der Waals surface area contributed by atoms with E-state index < -0.39 is 5.82 Å². The Kier molecular flexibility index (Phi) is 4.09. The zero-order valence-corrected chi connectivity index (χ0v) is 13.5. The van der Waals surface area contributed by atoms with Crippen LogP contribution in [0, 0.1) is 19.7 Å². The molecule has 3 nitrogen and oxygen atoms in total. The van der Waals surface area contributed by atoms with Crippen LogP contribution >= 0.6 is 11.6 Å². The monoisotopic (exact) mass is 331 g/mol. The van der Waals surface area contributed by atoms with E-state index in [0.29, 0.717) is 0 Å². The third-order valence-electron chi connectivity index (χ3n) is 3.83. The number of hydrogen-bond donors (Lipinski definition) is 1. The van der Waals surface area contributed by atoms with Gasteiger partial charge in [0.2, 0.25) is 5.91 Å². The number of benzene rings is 2. The van der Waals surface area contributed by atoms with E-state index in [1.807, 2.05) is 26.0 Å². The van der Waals surface area contributed by atoms with E-state index in [1.54, 1.807) is 6.26 Å². The lowest BCUT2D eigenvalue weighted by atomic mass is 10.0. The molecule has 0 spiro atoms. The van der Waals surface area contributed by atoms with Crippen molar-refractivity contribution in [2.24, 2.45) is 0 Å². The Labute approximate surface area is 138 Å². The smallest absolute Gasteiger partial charge is 0.229 e. The maximum Gasteiger partial charge on any atom is 0.229 e. The lowest BCUT2D eigenvalue weighted by molar-refractivity contribution is -0.115. The molecule has 2 aromatic carbocycles. The Morgan fingerprint density at radius 2 is 1.96 bits per heavy atom. The molecule has 0 unspecified atom stereocenters. The maximum absolute atomic E-state index is 13.7. The third-order valence-corrected chi connectivity index (χ3v) is 4.06. The second kappa shape index (κ2) is 6.05. The van der Waals surface area contributed by atoms with Crippen molar-refractivity contribution in [1.82, 2.24) is 0 Å². The summed E-state index contributed by atoms with van der Waals surface area (Å²) in [6.45, 7) is 4.02. The van der Waals surface area contributed by atoms with Gasteiger partial charge in [0.25, 0.3) is 0 Å². The van der Waals surface area contributed by atoms with Crippen LogP contribution in [-0.2, 0) is 11.2 Å². The van der Waals surface area contributed by atoms with E-state index in [9.17, 15) is 9.18 Å². The first-order valence-corrected chi connectivity index (χ1v) is 7.54. The number of amides is 1. The maximum atomic E-state index is 13.7. The molecule has 0 saturated carbocycles. The van der Waals surface area contributed by atoms with Gasteiger partial charge >= 0.3 is 0 Å². The zero-order valence-electron chi connectivity index (χ0n) is 12.7. The minimum Gasteiger partial charge on any atom is -0.464 e. The molecule has 1 N–H and O–H groups in total. The lowest BCUT2D eigenvalue weighted by Crippen LogP contribution is -2.15. The van der Waals surface area contributed by atoms with Crippen LogP contribution in [0.2, 0.25) is 5.02 Å². The van der Waals surface area contributed by atoms with Gasteiger partial charge < -0.3 is 9.73 Å². The Morgan fingerprint density at radius 1 is 1.22 bits per heavy atom. The third kappa shape index (κ3) is 3.22. The molecule has 118 valence electrons. The summed E-state index contributed by atoms with van der Waals surface area (Å²) >= 11 is 5.70. The van der Waals surface area contributed by atoms with Crippen molar-refractivity contribution in [2.45, 2.75) is 20.3 Å². The predicted octanol–water partition coefficient (Wildman–Crippen LogP) is 5.02. The van der Waals surface area contributed by atoms with Gasteiger partial charge in [0.05, 0.1) is 18.4 Å². The van der Waals surface area contributed by atoms with Crippen molar-refractivity contribution in [1.29, 1.82) is 0 Å². The highest BCUT2D eigenvalue weighted by molar-refractivity contribution is 6.30. The van der Waals surface area contributed by atoms with Crippen molar-refractivity contribution in [2.75, 3.05) is 5.32 Å². The van der Waals surface area contributed by atoms with Crippen LogP contribution in [0.3, 0.4) is 0 Å². The van der Waals surface area contributed by atoms with Crippen LogP contribution in [0.15, 0.2) is 41.0 Å². The molecule has 3 aromatic rings. The summed E-state index contributed by atoms with van der Waals surface area (Å²) in [5.74, 6) is -0.874. The molecule has 0 radical (unpaired) electrons. The van der Waals surface area contributed by atoms with E-state index in [2.05, 4.69) is 5.32 Å². The van der Waals surface area contributed by atoms with Crippen LogP contribution in [-0.4, -0.2) is 5.91 Å². The van der Waals surface area contributed by atoms with Crippen molar-refractivity contribution in [3.8, 4) is 0 Å². The van der Waals surface area contributed by atoms with Gasteiger partial charge in [0.15, 0.2) is 0 Å². The van der Waals surface area contributed by atoms with Gasteiger partial charge in [-0.1, -0.05) is 11.6 Å². The fraction of sp³-hybridized carbons (Fsp3) is 0.167. The van der Waals surface area contributed by atoms with Gasteiger partial charge in [-0.25, -0.2) is 4.39 Å². The molecule has 1 amide bonds. The second-order valence-electron chi connectivity index (χ2n) is 5.54. The number of carbonyl (C=O) groups excluding carboxylic acids is 1. The molecule has 1 aromatic heterocycles. The quantitative estimate of drug-likeness (QED) is 0.732. The summed E-state index contributed by atoms with van der Waals surface area (Å²) < 4.78 is 19.2. The lowest BCUT2D eigenvalue weighted by Gasteiger charge is -2.06. The van der Waals surface area contributed by atoms with Gasteiger partial charge in [-0.3, -0.25) is 4.79 Å². The molecule has 3 rings (SSSR count). The molecule has 0 aliphatic heterocycles. The molecule has 23 heavy (non-hydrogen) atoms. The van der Waals surface area contributed by atoms with Crippen molar-refractivity contribution >= 4 is 34.2 Å². The normalized spacial score (nSPS) is 11.0. The number of anilines is 1. The van der Waals surface area contributed by atoms with E-state index in [4.69, 9.17) is 16.0 Å². The first-order valence-electron chi connectivity index (χ1n) is 7.16. The summed E-state index contributed by atoms with van der Waals surface area (Å²) in [4.78, 5) is 12.2. The molecule has 0 saturated heterocycles. The van der Waals surface area contributed by atoms with E-state index >= 15 is 0 Å². The predicted molar refractivity (Wildman–Crippen MR) is 89.4 cm³/mol. The SMILES string of the molecule is Cc1cc2occ(CC(=O)Nc3ccc(Cl)cc3F)c2cc1C. The van der Waals surface area contributed by atoms with E-state index in [1.165, 1.54) is 12.1 Å². The van der Waals surface area contributed by atoms with Gasteiger partial charge in [-0.2, -0.15) is 0 Å². The summed E-state index contributed by atoms with van der Waals surface area (Å²) in [6, 6.07) is 8.08. The summed E-state index contributed by atoms with van der Waals surface area (Å²) in [6.07, 6.45) is 1.68. The number of furan rings is 1. The molecular weight excluding hydrogens is 317 g/mol. The minimum absolute atomic E-state index is 0.109. The Hall–Kier alpha value is -2.33. The summed E-state index contributed by atoms with van der Waals surface area (Å²) in [7, 11) is 0. The molecule has 0 aliphatic rings. The second-order valence-corrected chi connectivity index (χ2v) is 5.98. The fourth-order valence-electron chi connectivity index (χ4n) is 2.43. The fourth-order valence-corrected chi connectivity index (χ4v) is 2.59. The van der Waals surface area contributed by atoms with Crippen LogP contribution < -0.4 is 5.32 Å². The van der Waals surface area contributed by atoms with Crippen molar-refractivity contribution in [3.05, 3.63) is 64.1 Å². The summed E-state index contributed by atoms with van der Waals surface area (Å²) in [5.41, 5.74) is 3.89. The largest absolute Gasteiger partial charge is 0.464 e. The highest BCUT2D eigenvalue weighted by Crippen LogP contribution is 2.26. The number of halogens is 2. The molecular formula is C18H15ClFNO2. The number of nitrogens with one attached hydrogen (secondary N) is 1. The molecule has 1 heterocycles. The molecule has 0 atom stereocenters. The standard InChI is InChI=1S/C18H15ClFNO2/c1-10-5-14-12(9-23-17(14)6-11(10)2)7-18(22)21-16-4-3-13(19)8-15(16)20/h3-6,8-9H,7H2,1-2H3,(H,21,22). The van der Waals surface area contributed by atoms with Gasteiger partial charge in [0, 0.05) is 16.0 Å². The number of rotatable bonds is 3. The van der Waals surface area contributed by atoms with Crippen LogP contribution in [0.1, 0.15) is 16.7 Å². The first-order chi connectivity index (χ1) is 10.9. The highest BCUT2D eigenvalue weighted by Gasteiger charge is 2.13. The first kappa shape index (κ1) is 15.6. The number of carbonyl (C=O) groups is 1. The average molecular weight is 332 g/mol. The summed E-state index contributed by atoms with van der Waals surface area (Å²) in [5, 5.41) is 3.74. The number of fused-ring (bicyclic) bond motifs is 1. The van der Waals surface area contributed by atoms with Gasteiger partial charge in [-0.05, 0) is 55.3 Å². The average Bonchev–Trinajstić information content (AvgIpc) is 2.85. The van der Waals surface area contributed by atoms with E-state index in [-0.39, 0.29) is 23.0 Å². The van der Waals surface area contributed by atoms with E-state index in [0.717, 1.165) is 33.7 Å². The molecule has 0 fully saturated rings. The topological polar surface area (TPSA) is 42.2 Å². The molecule has 0 aliphatic carbocycles. The zero-order chi connectivity index (χ0) is 16.6. The number of aryl methyl sites for hydroxylation is 2. The highest BCUT2D eigenvalue weighted by atomic mass is 35.5. The van der Waals surface area contributed by atoms with Crippen LogP contribution in [0.5, 0.6) is 0 Å². The Balaban J connectivity index is 1.81. The molecule has 0 bridgehead atoms. The van der Waals surface area contributed by atoms with Gasteiger partial charge in [0.1, 0.15) is 11.4 Å². The van der Waals surface area contributed by atoms with Gasteiger partial charge in [-0.15, -0.1) is 0 Å². The Morgan fingerprint density at radius 3 is 2.70 bits per heavy atom. The molecule has 5 heteroatoms. The van der Waals surface area contributed by atoms with Crippen molar-refractivity contribution < 1.29 is 13.6 Å². The van der Waals surface area contributed by atoms with Crippen molar-refractivity contribution in [3.63, 3.8) is 0 Å². The van der Waals surface area contributed by atoms with Crippen LogP contribution in [0.4, 0.5) is 10.1 Å².